The van der Waals surface area contributed by atoms with Crippen LogP contribution in [0.5, 0.6) is 5.75 Å². The van der Waals surface area contributed by atoms with Gasteiger partial charge in [0.2, 0.25) is 5.91 Å². The number of rotatable bonds is 2. The minimum Gasteiger partial charge on any atom is -0.508 e. The van der Waals surface area contributed by atoms with Crippen molar-refractivity contribution < 1.29 is 14.7 Å². The van der Waals surface area contributed by atoms with E-state index in [1.54, 1.807) is 35.2 Å². The Hall–Kier alpha value is -2.30. The Morgan fingerprint density at radius 1 is 1.26 bits per heavy atom. The highest BCUT2D eigenvalue weighted by atomic mass is 16.3. The highest BCUT2D eigenvalue weighted by molar-refractivity contribution is 6.05. The second-order valence-corrected chi connectivity index (χ2v) is 4.76. The molecule has 2 aliphatic rings. The molecule has 0 aliphatic carbocycles. The van der Waals surface area contributed by atoms with Gasteiger partial charge in [-0.2, -0.15) is 0 Å². The molecular weight excluding hydrogens is 244 g/mol. The maximum absolute atomic E-state index is 12.2. The summed E-state index contributed by atoms with van der Waals surface area (Å²) >= 11 is 0. The van der Waals surface area contributed by atoms with E-state index in [1.807, 2.05) is 0 Å². The Morgan fingerprint density at radius 3 is 2.74 bits per heavy atom. The van der Waals surface area contributed by atoms with Crippen molar-refractivity contribution in [2.24, 2.45) is 0 Å². The summed E-state index contributed by atoms with van der Waals surface area (Å²) in [4.78, 5) is 25.7. The molecule has 3 rings (SSSR count). The van der Waals surface area contributed by atoms with E-state index in [1.165, 1.54) is 0 Å². The van der Waals surface area contributed by atoms with E-state index >= 15 is 0 Å². The molecule has 2 amide bonds. The molecular formula is C14H14N2O3. The Balaban J connectivity index is 1.78. The van der Waals surface area contributed by atoms with E-state index in [4.69, 9.17) is 0 Å². The Morgan fingerprint density at radius 2 is 2.00 bits per heavy atom. The third-order valence-electron chi connectivity index (χ3n) is 3.46. The summed E-state index contributed by atoms with van der Waals surface area (Å²) in [6.07, 6.45) is 2.97. The number of carbonyl (C=O) groups excluding carboxylic acids is 2. The number of fused-ring (bicyclic) bond motifs is 1. The molecule has 0 saturated carbocycles. The quantitative estimate of drug-likeness (QED) is 0.814. The number of nitrogens with one attached hydrogen (secondary N) is 1. The number of piperazine rings is 1. The summed E-state index contributed by atoms with van der Waals surface area (Å²) in [6, 6.07) is 6.14. The molecule has 2 heterocycles. The zero-order valence-corrected chi connectivity index (χ0v) is 10.3. The summed E-state index contributed by atoms with van der Waals surface area (Å²) < 4.78 is 0. The maximum atomic E-state index is 12.2. The molecule has 19 heavy (non-hydrogen) atoms. The first-order valence-corrected chi connectivity index (χ1v) is 6.25. The van der Waals surface area contributed by atoms with Gasteiger partial charge in [0.25, 0.3) is 5.91 Å². The fraction of sp³-hybridized carbons (Fsp3) is 0.286. The van der Waals surface area contributed by atoms with Gasteiger partial charge in [0.15, 0.2) is 0 Å². The molecule has 1 aromatic rings. The minimum absolute atomic E-state index is 0.0589. The smallest absolute Gasteiger partial charge is 0.268 e. The van der Waals surface area contributed by atoms with Crippen LogP contribution in [-0.2, 0) is 16.0 Å². The first-order chi connectivity index (χ1) is 9.15. The van der Waals surface area contributed by atoms with Crippen molar-refractivity contribution in [3.63, 3.8) is 0 Å². The molecule has 5 nitrogen and oxygen atoms in total. The molecule has 0 aromatic heterocycles. The third kappa shape index (κ3) is 2.07. The maximum Gasteiger partial charge on any atom is 0.268 e. The number of benzene rings is 1. The van der Waals surface area contributed by atoms with Crippen LogP contribution >= 0.6 is 0 Å². The van der Waals surface area contributed by atoms with Crippen molar-refractivity contribution in [1.82, 2.24) is 10.2 Å². The lowest BCUT2D eigenvalue weighted by molar-refractivity contribution is -0.139. The van der Waals surface area contributed by atoms with Gasteiger partial charge in [-0.15, -0.1) is 0 Å². The summed E-state index contributed by atoms with van der Waals surface area (Å²) in [6.45, 7) is 0.591. The molecule has 0 spiro atoms. The number of nitrogens with zero attached hydrogens (tertiary/aromatic N) is 1. The van der Waals surface area contributed by atoms with Gasteiger partial charge in [-0.05, 0) is 24.1 Å². The van der Waals surface area contributed by atoms with Crippen LogP contribution in [0.4, 0.5) is 0 Å². The highest BCUT2D eigenvalue weighted by Crippen LogP contribution is 2.22. The van der Waals surface area contributed by atoms with Crippen molar-refractivity contribution in [3.05, 3.63) is 41.6 Å². The van der Waals surface area contributed by atoms with Crippen LogP contribution in [0.1, 0.15) is 12.0 Å². The zero-order valence-electron chi connectivity index (χ0n) is 10.3. The van der Waals surface area contributed by atoms with Gasteiger partial charge < -0.3 is 15.3 Å². The fourth-order valence-electron chi connectivity index (χ4n) is 2.49. The van der Waals surface area contributed by atoms with Crippen molar-refractivity contribution >= 4 is 11.8 Å². The molecule has 2 aliphatic heterocycles. The first kappa shape index (κ1) is 11.8. The van der Waals surface area contributed by atoms with Crippen molar-refractivity contribution in [3.8, 4) is 5.75 Å². The molecule has 2 N–H and O–H groups in total. The Labute approximate surface area is 110 Å². The summed E-state index contributed by atoms with van der Waals surface area (Å²) in [5.74, 6) is -0.0511. The lowest BCUT2D eigenvalue weighted by atomic mass is 10.0. The van der Waals surface area contributed by atoms with Crippen molar-refractivity contribution in [2.75, 3.05) is 6.54 Å². The van der Waals surface area contributed by atoms with Crippen molar-refractivity contribution in [1.29, 1.82) is 0 Å². The third-order valence-corrected chi connectivity index (χ3v) is 3.46. The summed E-state index contributed by atoms with van der Waals surface area (Å²) in [7, 11) is 0. The van der Waals surface area contributed by atoms with Gasteiger partial charge >= 0.3 is 0 Å². The van der Waals surface area contributed by atoms with Crippen LogP contribution in [-0.4, -0.2) is 34.4 Å². The van der Waals surface area contributed by atoms with Gasteiger partial charge in [0.05, 0.1) is 0 Å². The average Bonchev–Trinajstić information content (AvgIpc) is 2.88. The van der Waals surface area contributed by atoms with E-state index in [0.29, 0.717) is 18.7 Å². The van der Waals surface area contributed by atoms with E-state index in [2.05, 4.69) is 5.32 Å². The number of carbonyl (C=O) groups is 2. The van der Waals surface area contributed by atoms with Gasteiger partial charge in [0.1, 0.15) is 17.5 Å². The van der Waals surface area contributed by atoms with Crippen LogP contribution < -0.4 is 5.32 Å². The van der Waals surface area contributed by atoms with Crippen LogP contribution in [0.25, 0.3) is 0 Å². The molecule has 1 aromatic carbocycles. The largest absolute Gasteiger partial charge is 0.508 e. The highest BCUT2D eigenvalue weighted by Gasteiger charge is 2.38. The molecule has 0 bridgehead atoms. The molecule has 0 unspecified atom stereocenters. The second-order valence-electron chi connectivity index (χ2n) is 4.76. The van der Waals surface area contributed by atoms with Gasteiger partial charge in [-0.25, -0.2) is 0 Å². The van der Waals surface area contributed by atoms with Crippen LogP contribution in [0.3, 0.4) is 0 Å². The molecule has 0 radical (unpaired) electrons. The summed E-state index contributed by atoms with van der Waals surface area (Å²) in [5, 5.41) is 12.0. The molecule has 98 valence electrons. The van der Waals surface area contributed by atoms with Crippen LogP contribution in [0.15, 0.2) is 36.0 Å². The van der Waals surface area contributed by atoms with Crippen molar-refractivity contribution in [2.45, 2.75) is 18.9 Å². The fourth-order valence-corrected chi connectivity index (χ4v) is 2.49. The predicted octanol–water partition coefficient (Wildman–Crippen LogP) is 0.549. The van der Waals surface area contributed by atoms with E-state index < -0.39 is 6.04 Å². The number of phenolic OH excluding ortho intramolecular Hbond substituents is 1. The number of amides is 2. The topological polar surface area (TPSA) is 69.6 Å². The van der Waals surface area contributed by atoms with Gasteiger partial charge in [0, 0.05) is 13.0 Å². The van der Waals surface area contributed by atoms with Crippen LogP contribution in [0.2, 0.25) is 0 Å². The Bertz CT molecular complexity index is 563. The van der Waals surface area contributed by atoms with E-state index in [-0.39, 0.29) is 17.6 Å². The molecule has 1 fully saturated rings. The molecule has 5 heteroatoms. The lowest BCUT2D eigenvalue weighted by Crippen LogP contribution is -2.56. The van der Waals surface area contributed by atoms with Gasteiger partial charge in [-0.3, -0.25) is 9.59 Å². The normalized spacial score (nSPS) is 22.0. The molecule has 1 saturated heterocycles. The SMILES string of the molecule is O=C1N[C@@H](Cc2ccc(O)cc2)C(=O)N2CCC=C12. The predicted molar refractivity (Wildman–Crippen MR) is 68.2 cm³/mol. The first-order valence-electron chi connectivity index (χ1n) is 6.25. The van der Waals surface area contributed by atoms with E-state index in [9.17, 15) is 14.7 Å². The molecule has 1 atom stereocenters. The average molecular weight is 258 g/mol. The van der Waals surface area contributed by atoms with Crippen LogP contribution in [0, 0.1) is 0 Å². The number of phenols is 1. The second kappa shape index (κ2) is 4.42. The number of hydrogen-bond acceptors (Lipinski definition) is 3. The standard InChI is InChI=1S/C14H14N2O3/c17-10-5-3-9(4-6-10)8-11-14(19)16-7-1-2-12(16)13(18)15-11/h2-6,11,17H,1,7-8H2,(H,15,18)/t11-/m0/s1. The van der Waals surface area contributed by atoms with E-state index in [0.717, 1.165) is 12.0 Å². The zero-order chi connectivity index (χ0) is 13.4. The monoisotopic (exact) mass is 258 g/mol. The number of aromatic hydroxyl groups is 1. The number of hydrogen-bond donors (Lipinski definition) is 2. The Kier molecular flexibility index (Phi) is 2.74. The lowest BCUT2D eigenvalue weighted by Gasteiger charge is -2.31. The minimum atomic E-state index is -0.521. The van der Waals surface area contributed by atoms with Gasteiger partial charge in [-0.1, -0.05) is 18.2 Å². The summed E-state index contributed by atoms with van der Waals surface area (Å²) in [5.41, 5.74) is 1.38.